The van der Waals surface area contributed by atoms with Crippen LogP contribution in [0, 0.1) is 23.7 Å². The molecule has 1 aromatic heterocycles. The van der Waals surface area contributed by atoms with E-state index >= 15 is 0 Å². The van der Waals surface area contributed by atoms with Crippen LogP contribution in [0.15, 0.2) is 91.1 Å². The van der Waals surface area contributed by atoms with Gasteiger partial charge in [0.25, 0.3) is 0 Å². The molecule has 0 aliphatic carbocycles. The number of hydrogen-bond acceptors (Lipinski definition) is 16. The predicted octanol–water partition coefficient (Wildman–Crippen LogP) is 2.66. The molecule has 0 saturated heterocycles. The van der Waals surface area contributed by atoms with Crippen LogP contribution in [0.4, 0.5) is 0 Å². The lowest BCUT2D eigenvalue weighted by atomic mass is 9.95. The molecule has 0 radical (unpaired) electrons. The van der Waals surface area contributed by atoms with Gasteiger partial charge in [0.2, 0.25) is 65.0 Å². The number of carbonyl (C=O) groups excluding carboxylic acids is 11. The average molecular weight is 1440 g/mol. The van der Waals surface area contributed by atoms with Crippen LogP contribution in [0.5, 0.6) is 0 Å². The summed E-state index contributed by atoms with van der Waals surface area (Å²) < 4.78 is 0. The number of nitrogens with two attached hydrogens (primary N) is 1. The molecule has 0 spiro atoms. The summed E-state index contributed by atoms with van der Waals surface area (Å²) in [5.74, 6) is -10.1. The van der Waals surface area contributed by atoms with E-state index in [0.717, 1.165) is 10.9 Å². The molecule has 4 aromatic rings. The fourth-order valence-corrected chi connectivity index (χ4v) is 11.9. The Morgan fingerprint density at radius 2 is 0.871 bits per heavy atom. The second-order valence-electron chi connectivity index (χ2n) is 26.6. The fraction of sp³-hybridized carbons (Fsp3) is 0.556. The van der Waals surface area contributed by atoms with Crippen molar-refractivity contribution in [3.63, 3.8) is 0 Å². The minimum atomic E-state index is -1.72. The Hall–Kier alpha value is -8.54. The third kappa shape index (κ3) is 28.4. The van der Waals surface area contributed by atoms with Gasteiger partial charge in [-0.3, -0.25) is 52.7 Å². The molecule has 14 atom stereocenters. The third-order valence-electron chi connectivity index (χ3n) is 17.3. The van der Waals surface area contributed by atoms with Crippen LogP contribution in [0.2, 0.25) is 0 Å². The van der Waals surface area contributed by atoms with Crippen molar-refractivity contribution >= 4 is 105 Å². The highest BCUT2D eigenvalue weighted by Crippen LogP contribution is 2.21. The van der Waals surface area contributed by atoms with E-state index in [-0.39, 0.29) is 56.3 Å². The van der Waals surface area contributed by atoms with Crippen molar-refractivity contribution in [3.8, 4) is 0 Å². The zero-order valence-electron chi connectivity index (χ0n) is 60.1. The molecule has 3 aromatic carbocycles. The Balaban J connectivity index is 1.53. The third-order valence-corrected chi connectivity index (χ3v) is 18.6. The van der Waals surface area contributed by atoms with E-state index in [4.69, 9.17) is 5.73 Å². The minimum absolute atomic E-state index is 0.00589. The fourth-order valence-electron chi connectivity index (χ4n) is 11.0. The average Bonchev–Trinajstić information content (AvgIpc) is 1.79. The van der Waals surface area contributed by atoms with Gasteiger partial charge in [-0.15, -0.1) is 0 Å². The molecule has 556 valence electrons. The lowest BCUT2D eigenvalue weighted by molar-refractivity contribution is -0.141. The van der Waals surface area contributed by atoms with Gasteiger partial charge in [0.1, 0.15) is 60.4 Å². The van der Waals surface area contributed by atoms with Crippen molar-refractivity contribution in [2.24, 2.45) is 29.4 Å². The Bertz CT molecular complexity index is 3380. The van der Waals surface area contributed by atoms with Crippen LogP contribution in [0.25, 0.3) is 10.9 Å². The normalized spacial score (nSPS) is 15.5. The van der Waals surface area contributed by atoms with Gasteiger partial charge in [0.05, 0.1) is 18.7 Å². The molecule has 0 bridgehead atoms. The first-order valence-corrected chi connectivity index (χ1v) is 37.3. The van der Waals surface area contributed by atoms with Crippen LogP contribution < -0.4 is 64.2 Å². The highest BCUT2D eigenvalue weighted by Gasteiger charge is 2.39. The van der Waals surface area contributed by atoms with Crippen LogP contribution in [0.3, 0.4) is 0 Å². The van der Waals surface area contributed by atoms with Gasteiger partial charge in [-0.05, 0) is 110 Å². The molecule has 4 rings (SSSR count). The number of aromatic amines is 1. The van der Waals surface area contributed by atoms with E-state index in [0.29, 0.717) is 47.5 Å². The van der Waals surface area contributed by atoms with Gasteiger partial charge in [-0.2, -0.15) is 23.5 Å². The summed E-state index contributed by atoms with van der Waals surface area (Å²) in [5, 5.41) is 51.4. The highest BCUT2D eigenvalue weighted by atomic mass is 32.2. The van der Waals surface area contributed by atoms with Gasteiger partial charge >= 0.3 is 5.97 Å². The summed E-state index contributed by atoms with van der Waals surface area (Å²) in [4.78, 5) is 171. The maximum atomic E-state index is 14.8. The number of carbonyl (C=O) groups is 12. The molecule has 0 aliphatic rings. The molecule has 0 aliphatic heterocycles. The van der Waals surface area contributed by atoms with Crippen molar-refractivity contribution in [2.45, 2.75) is 200 Å². The van der Waals surface area contributed by atoms with Crippen molar-refractivity contribution in [2.75, 3.05) is 30.6 Å². The van der Waals surface area contributed by atoms with Gasteiger partial charge in [-0.1, -0.05) is 147 Å². The van der Waals surface area contributed by atoms with E-state index in [2.05, 4.69) is 63.5 Å². The molecule has 16 N–H and O–H groups in total. The molecule has 0 fully saturated rings. The van der Waals surface area contributed by atoms with Gasteiger partial charge in [0.15, 0.2) is 0 Å². The number of thioether (sulfide) groups is 2. The Kier molecular flexibility index (Phi) is 36.4. The minimum Gasteiger partial charge on any atom is -0.480 e. The summed E-state index contributed by atoms with van der Waals surface area (Å²) >= 11 is 2.88. The number of H-pyrrole nitrogens is 1. The molecule has 27 nitrogen and oxygen atoms in total. The molecular formula is C72H107N13O14S2. The molecule has 11 amide bonds. The summed E-state index contributed by atoms with van der Waals surface area (Å²) in [7, 11) is 0. The summed E-state index contributed by atoms with van der Waals surface area (Å²) in [5.41, 5.74) is 8.83. The van der Waals surface area contributed by atoms with Gasteiger partial charge in [-0.25, -0.2) is 4.79 Å². The number of nitrogens with one attached hydrogen (secondary N) is 12. The van der Waals surface area contributed by atoms with E-state index in [9.17, 15) is 67.7 Å². The second-order valence-corrected chi connectivity index (χ2v) is 28.5. The topological polar surface area (TPSA) is 419 Å². The first-order valence-electron chi connectivity index (χ1n) is 34.5. The van der Waals surface area contributed by atoms with Crippen molar-refractivity contribution in [3.05, 3.63) is 108 Å². The molecule has 101 heavy (non-hydrogen) atoms. The summed E-state index contributed by atoms with van der Waals surface area (Å²) in [6.45, 7) is 16.5. The van der Waals surface area contributed by atoms with Crippen LogP contribution in [-0.2, 0) is 76.8 Å². The van der Waals surface area contributed by atoms with Crippen molar-refractivity contribution in [1.82, 2.24) is 63.5 Å². The van der Waals surface area contributed by atoms with E-state index in [1.807, 2.05) is 59.1 Å². The highest BCUT2D eigenvalue weighted by molar-refractivity contribution is 7.98. The van der Waals surface area contributed by atoms with Crippen LogP contribution in [-0.4, -0.2) is 189 Å². The summed E-state index contributed by atoms with van der Waals surface area (Å²) in [6, 6.07) is 10.5. The standard InChI is InChI=1S/C72H107N13O14S2/c1-13-42(7)59(83-63(89)50(73)29-31-100-11)69(95)82-54(34-41(5)6)66(92)80-56(36-47-25-19-16-20-26-47)68(94)85-61(45(10)86)71(97)78-52(30-32-101-12)64(90)79-55(35-46-23-17-15-18-24-46)67(93)84-60(43(8)14-2)70(96)81-53(33-40(3)4)65(91)76-44(9)62(88)75-39-58(87)77-57(72(98)99)37-48-38-74-51-28-22-21-27-49(48)51/h15-28,38,40-45,50,52-57,59-61,74,86H,13-14,29-37,39,73H2,1-12H3,(H,75,88)(H,76,91)(H,77,87)(H,78,97)(H,79,90)(H,80,92)(H,81,96)(H,82,95)(H,83,89)(H,84,93)(H,85,94)(H,98,99)/t42-,43-,44-,45+,50-,52-,53-,54-,55-,56-,57-,59-,60-,61-/m0/s1. The molecule has 1 heterocycles. The lowest BCUT2D eigenvalue weighted by Gasteiger charge is -2.30. The number of carboxylic acids is 1. The number of fused-ring (bicyclic) bond motifs is 1. The number of aliphatic carboxylic acids is 1. The second kappa shape index (κ2) is 43.3. The van der Waals surface area contributed by atoms with Crippen LogP contribution >= 0.6 is 23.5 Å². The number of rotatable bonds is 44. The number of aliphatic hydroxyl groups excluding tert-OH is 1. The molecule has 29 heteroatoms. The number of benzene rings is 3. The maximum absolute atomic E-state index is 14.8. The first kappa shape index (κ1) is 84.9. The van der Waals surface area contributed by atoms with E-state index in [1.165, 1.54) is 37.4 Å². The first-order chi connectivity index (χ1) is 47.9. The Labute approximate surface area is 601 Å². The van der Waals surface area contributed by atoms with Gasteiger partial charge < -0.3 is 79.4 Å². The van der Waals surface area contributed by atoms with Gasteiger partial charge in [0, 0.05) is 36.4 Å². The number of hydrogen-bond donors (Lipinski definition) is 15. The molecule has 0 unspecified atom stereocenters. The zero-order valence-corrected chi connectivity index (χ0v) is 61.7. The molecule has 0 saturated carbocycles. The van der Waals surface area contributed by atoms with Crippen molar-refractivity contribution < 1.29 is 67.7 Å². The quantitative estimate of drug-likeness (QED) is 0.0303. The lowest BCUT2D eigenvalue weighted by Crippen LogP contribution is -2.63. The zero-order chi connectivity index (χ0) is 75.0. The van der Waals surface area contributed by atoms with E-state index < -0.39 is 156 Å². The predicted molar refractivity (Wildman–Crippen MR) is 391 cm³/mol. The monoisotopic (exact) mass is 1440 g/mol. The number of amides is 11. The summed E-state index contributed by atoms with van der Waals surface area (Å²) in [6.07, 6.45) is 4.91. The Morgan fingerprint density at radius 3 is 1.35 bits per heavy atom. The number of carboxylic acid groups (broad SMARTS) is 1. The number of para-hydroxylation sites is 1. The number of aliphatic hydroxyl groups is 1. The van der Waals surface area contributed by atoms with Crippen LogP contribution in [0.1, 0.15) is 124 Å². The maximum Gasteiger partial charge on any atom is 0.326 e. The SMILES string of the molecule is CC[C@H](C)[C@H](NC(=O)[C@H](Cc1ccccc1)NC(=O)[C@H](CCSC)NC(=O)[C@@H](NC(=O)[C@H](Cc1ccccc1)NC(=O)[C@H](CC(C)C)NC(=O)[C@@H](NC(=O)[C@@H](N)CCSC)[C@@H](C)CC)[C@@H](C)O)C(=O)N[C@@H](CC(C)C)C(=O)N[C@@H](C)C(=O)NCC(=O)N[C@@H](Cc1c[nH]c2ccccc12)C(=O)O. The van der Waals surface area contributed by atoms with E-state index in [1.54, 1.807) is 100.0 Å². The molecular weight excluding hydrogens is 1340 g/mol. The Morgan fingerprint density at radius 1 is 0.455 bits per heavy atom. The largest absolute Gasteiger partial charge is 0.480 e. The van der Waals surface area contributed by atoms with Crippen molar-refractivity contribution in [1.29, 1.82) is 0 Å². The number of aromatic nitrogens is 1. The smallest absolute Gasteiger partial charge is 0.326 e.